The van der Waals surface area contributed by atoms with Crippen LogP contribution < -0.4 is 10.0 Å². The third kappa shape index (κ3) is 3.91. The fourth-order valence-corrected chi connectivity index (χ4v) is 4.69. The maximum atomic E-state index is 12.8. The lowest BCUT2D eigenvalue weighted by Gasteiger charge is -2.27. The zero-order valence-corrected chi connectivity index (χ0v) is 17.7. The van der Waals surface area contributed by atoms with Gasteiger partial charge in [0.1, 0.15) is 0 Å². The molecule has 0 bridgehead atoms. The highest BCUT2D eigenvalue weighted by Crippen LogP contribution is 2.46. The molecule has 29 heavy (non-hydrogen) atoms. The van der Waals surface area contributed by atoms with Crippen LogP contribution in [-0.2, 0) is 28.4 Å². The molecule has 1 heterocycles. The molecule has 4 rings (SSSR count). The lowest BCUT2D eigenvalue weighted by molar-refractivity contribution is 0.0779. The van der Waals surface area contributed by atoms with Crippen LogP contribution >= 0.6 is 0 Å². The average Bonchev–Trinajstić information content (AvgIpc) is 3.29. The van der Waals surface area contributed by atoms with Gasteiger partial charge in [0.05, 0.1) is 11.9 Å². The molecule has 2 atom stereocenters. The Labute approximate surface area is 171 Å². The Morgan fingerprint density at radius 2 is 2.07 bits per heavy atom. The zero-order chi connectivity index (χ0) is 21.0. The van der Waals surface area contributed by atoms with E-state index in [-0.39, 0.29) is 5.09 Å². The van der Waals surface area contributed by atoms with Crippen molar-refractivity contribution in [2.75, 3.05) is 5.32 Å². The van der Waals surface area contributed by atoms with E-state index >= 15 is 0 Å². The molecule has 0 unspecified atom stereocenters. The monoisotopic (exact) mass is 417 g/mol. The summed E-state index contributed by atoms with van der Waals surface area (Å²) >= 11 is 0. The summed E-state index contributed by atoms with van der Waals surface area (Å²) in [7, 11) is -3.70. The first kappa shape index (κ1) is 20.0. The normalized spacial score (nSPS) is 18.9. The van der Waals surface area contributed by atoms with E-state index in [0.717, 1.165) is 29.7 Å². The number of aryl methyl sites for hydroxylation is 1. The molecule has 2 aromatic rings. The Kier molecular flexibility index (Phi) is 4.74. The second-order valence-electron chi connectivity index (χ2n) is 8.62. The molecule has 0 saturated heterocycles. The number of anilines is 1. The number of hydrogen-bond donors (Lipinski definition) is 4. The topological polar surface area (TPSA) is 115 Å². The van der Waals surface area contributed by atoms with Crippen LogP contribution in [0.15, 0.2) is 34.0 Å². The summed E-state index contributed by atoms with van der Waals surface area (Å²) in [5.41, 5.74) is 3.43. The van der Waals surface area contributed by atoms with Crippen LogP contribution in [-0.4, -0.2) is 15.3 Å². The quantitative estimate of drug-likeness (QED) is 0.562. The Morgan fingerprint density at radius 1 is 1.34 bits per heavy atom. The summed E-state index contributed by atoms with van der Waals surface area (Å²) in [6, 6.07) is 4.85. The Bertz CT molecular complexity index is 1060. The predicted octanol–water partition coefficient (Wildman–Crippen LogP) is 4.26. The SMILES string of the molecule is C[C@H](c1ccc2c(c1NC(=O)N[S@@](=N)(=O)c1cc(C(C)(C)O)co1)CC2)C1CC1. The molecule has 7 nitrogen and oxygen atoms in total. The van der Waals surface area contributed by atoms with Crippen molar-refractivity contribution in [3.63, 3.8) is 0 Å². The van der Waals surface area contributed by atoms with E-state index in [4.69, 9.17) is 9.20 Å². The van der Waals surface area contributed by atoms with Crippen LogP contribution in [0, 0.1) is 10.7 Å². The van der Waals surface area contributed by atoms with E-state index in [2.05, 4.69) is 29.1 Å². The van der Waals surface area contributed by atoms with E-state index in [0.29, 0.717) is 17.4 Å². The van der Waals surface area contributed by atoms with Crippen molar-refractivity contribution >= 4 is 21.6 Å². The van der Waals surface area contributed by atoms with E-state index in [1.807, 2.05) is 0 Å². The van der Waals surface area contributed by atoms with Gasteiger partial charge in [-0.3, -0.25) is 0 Å². The standard InChI is InChI=1S/C21H27N3O4S/c1-12(13-4-5-13)16-8-6-14-7-9-17(14)19(16)23-20(25)24-29(22,27)18-10-15(11-28-18)21(2,3)26/h6,8,10-13,26H,4-5,7,9H2,1-3H3,(H3,22,23,24,25,27)/t12-,29+/m0/s1. The highest BCUT2D eigenvalue weighted by molar-refractivity contribution is 7.91. The average molecular weight is 418 g/mol. The molecular weight excluding hydrogens is 390 g/mol. The van der Waals surface area contributed by atoms with Gasteiger partial charge in [-0.05, 0) is 68.1 Å². The summed E-state index contributed by atoms with van der Waals surface area (Å²) in [6.07, 6.45) is 5.54. The number of rotatable bonds is 6. The van der Waals surface area contributed by atoms with Crippen LogP contribution in [0.1, 0.15) is 61.8 Å². The highest BCUT2D eigenvalue weighted by atomic mass is 32.2. The number of urea groups is 1. The predicted molar refractivity (Wildman–Crippen MR) is 110 cm³/mol. The van der Waals surface area contributed by atoms with E-state index < -0.39 is 21.5 Å². The van der Waals surface area contributed by atoms with Crippen molar-refractivity contribution in [2.45, 2.75) is 63.1 Å². The molecule has 1 fully saturated rings. The van der Waals surface area contributed by atoms with Gasteiger partial charge < -0.3 is 14.8 Å². The largest absolute Gasteiger partial charge is 0.452 e. The zero-order valence-electron chi connectivity index (χ0n) is 16.9. The smallest absolute Gasteiger partial charge is 0.332 e. The van der Waals surface area contributed by atoms with Crippen LogP contribution in [0.4, 0.5) is 10.5 Å². The Morgan fingerprint density at radius 3 is 2.62 bits per heavy atom. The van der Waals surface area contributed by atoms with Gasteiger partial charge in [-0.1, -0.05) is 19.1 Å². The molecule has 0 aliphatic heterocycles. The summed E-state index contributed by atoms with van der Waals surface area (Å²) in [5.74, 6) is 0.983. The molecule has 4 N–H and O–H groups in total. The first-order chi connectivity index (χ1) is 13.6. The molecule has 2 amide bonds. The third-order valence-electron chi connectivity index (χ3n) is 5.95. The number of carbonyl (C=O) groups excluding carboxylic acids is 1. The van der Waals surface area contributed by atoms with Gasteiger partial charge in [0.2, 0.25) is 5.09 Å². The van der Waals surface area contributed by atoms with Crippen molar-refractivity contribution in [1.82, 2.24) is 4.72 Å². The fraction of sp³-hybridized carbons (Fsp3) is 0.476. The number of aliphatic hydroxyl groups is 1. The van der Waals surface area contributed by atoms with Crippen molar-refractivity contribution in [3.05, 3.63) is 46.7 Å². The fourth-order valence-electron chi connectivity index (χ4n) is 3.80. The summed E-state index contributed by atoms with van der Waals surface area (Å²) in [4.78, 5) is 12.6. The minimum atomic E-state index is -3.70. The molecule has 0 spiro atoms. The summed E-state index contributed by atoms with van der Waals surface area (Å²) in [5, 5.41) is 12.7. The van der Waals surface area contributed by atoms with Crippen LogP contribution in [0.3, 0.4) is 0 Å². The second-order valence-corrected chi connectivity index (χ2v) is 10.3. The van der Waals surface area contributed by atoms with Gasteiger partial charge in [-0.15, -0.1) is 0 Å². The molecule has 1 aromatic carbocycles. The molecule has 8 heteroatoms. The number of amides is 2. The van der Waals surface area contributed by atoms with Gasteiger partial charge in [0.15, 0.2) is 9.92 Å². The molecule has 0 radical (unpaired) electrons. The number of furan rings is 1. The summed E-state index contributed by atoms with van der Waals surface area (Å²) in [6.45, 7) is 5.29. The lowest BCUT2D eigenvalue weighted by atomic mass is 9.82. The molecule has 2 aliphatic rings. The van der Waals surface area contributed by atoms with Gasteiger partial charge >= 0.3 is 6.03 Å². The number of benzene rings is 1. The lowest BCUT2D eigenvalue weighted by Crippen LogP contribution is -2.34. The minimum absolute atomic E-state index is 0.197. The number of carbonyl (C=O) groups is 1. The number of fused-ring (bicyclic) bond motifs is 1. The van der Waals surface area contributed by atoms with Crippen molar-refractivity contribution in [2.24, 2.45) is 5.92 Å². The maximum Gasteiger partial charge on any atom is 0.332 e. The van der Waals surface area contributed by atoms with Gasteiger partial charge in [-0.25, -0.2) is 18.5 Å². The summed E-state index contributed by atoms with van der Waals surface area (Å²) < 4.78 is 28.3. The first-order valence-electron chi connectivity index (χ1n) is 9.90. The Hall–Kier alpha value is -2.32. The highest BCUT2D eigenvalue weighted by Gasteiger charge is 2.33. The van der Waals surface area contributed by atoms with Crippen molar-refractivity contribution in [3.8, 4) is 0 Å². The van der Waals surface area contributed by atoms with Crippen LogP contribution in [0.5, 0.6) is 0 Å². The minimum Gasteiger partial charge on any atom is -0.452 e. The van der Waals surface area contributed by atoms with Gasteiger partial charge in [0, 0.05) is 17.3 Å². The Balaban J connectivity index is 1.54. The third-order valence-corrected chi connectivity index (χ3v) is 7.20. The first-order valence-corrected chi connectivity index (χ1v) is 11.5. The van der Waals surface area contributed by atoms with E-state index in [1.165, 1.54) is 30.7 Å². The number of nitrogens with one attached hydrogen (secondary N) is 3. The van der Waals surface area contributed by atoms with E-state index in [1.54, 1.807) is 13.8 Å². The molecule has 1 saturated carbocycles. The van der Waals surface area contributed by atoms with Crippen molar-refractivity contribution in [1.29, 1.82) is 4.78 Å². The number of hydrogen-bond acceptors (Lipinski definition) is 5. The van der Waals surface area contributed by atoms with Gasteiger partial charge in [-0.2, -0.15) is 0 Å². The van der Waals surface area contributed by atoms with Gasteiger partial charge in [0.25, 0.3) is 0 Å². The molecule has 1 aromatic heterocycles. The molecule has 156 valence electrons. The van der Waals surface area contributed by atoms with E-state index in [9.17, 15) is 14.1 Å². The molecular formula is C21H27N3O4S. The maximum absolute atomic E-state index is 12.8. The van der Waals surface area contributed by atoms with Crippen LogP contribution in [0.25, 0.3) is 0 Å². The second kappa shape index (κ2) is 6.88. The van der Waals surface area contributed by atoms with Crippen molar-refractivity contribution < 1.29 is 18.5 Å². The van der Waals surface area contributed by atoms with Crippen LogP contribution in [0.2, 0.25) is 0 Å². The molecule has 2 aliphatic carbocycles.